The maximum Gasteiger partial charge on any atom is 0.278 e. The number of methoxy groups -OCH3 is 2. The number of piperazine rings is 1. The molecule has 18 heteroatoms. The molecule has 3 aromatic carbocycles. The second-order valence-corrected chi connectivity index (χ2v) is 18.2. The number of aromatic nitrogens is 5. The quantitative estimate of drug-likeness (QED) is 0.0674. The largest absolute Gasteiger partial charge is 0.493 e. The number of anilines is 1. The van der Waals surface area contributed by atoms with Crippen molar-refractivity contribution in [2.75, 3.05) is 58.5 Å². The summed E-state index contributed by atoms with van der Waals surface area (Å²) in [5, 5.41) is 11.7. The van der Waals surface area contributed by atoms with Crippen molar-refractivity contribution >= 4 is 45.8 Å². The summed E-state index contributed by atoms with van der Waals surface area (Å²) in [4.78, 5) is 71.8. The highest BCUT2D eigenvalue weighted by molar-refractivity contribution is 6.06. The molecule has 2 fully saturated rings. The highest BCUT2D eigenvalue weighted by Gasteiger charge is 2.40. The molecule has 0 radical (unpaired) electrons. The number of imide groups is 1. The van der Waals surface area contributed by atoms with Crippen molar-refractivity contribution in [1.82, 2.24) is 39.4 Å². The molecule has 9 rings (SSSR count). The van der Waals surface area contributed by atoms with Crippen molar-refractivity contribution in [3.8, 4) is 23.1 Å². The van der Waals surface area contributed by atoms with E-state index in [1.54, 1.807) is 66.2 Å². The first-order chi connectivity index (χ1) is 33.3. The van der Waals surface area contributed by atoms with Crippen molar-refractivity contribution in [2.45, 2.75) is 64.6 Å². The number of carbonyl (C=O) groups is 3. The summed E-state index contributed by atoms with van der Waals surface area (Å²) in [6, 6.07) is 22.2. The number of nitrogens with one attached hydrogen (secondary N) is 1. The Bertz CT molecular complexity index is 3010. The van der Waals surface area contributed by atoms with E-state index in [2.05, 4.69) is 81.9 Å². The summed E-state index contributed by atoms with van der Waals surface area (Å²) in [6.45, 7) is 15.2. The summed E-state index contributed by atoms with van der Waals surface area (Å²) in [5.41, 5.74) is 5.30. The fourth-order valence-electron chi connectivity index (χ4n) is 8.98. The molecule has 1 atom stereocenters. The van der Waals surface area contributed by atoms with Gasteiger partial charge in [0.1, 0.15) is 23.9 Å². The fourth-order valence-corrected chi connectivity index (χ4v) is 8.98. The first-order valence-electron chi connectivity index (χ1n) is 23.0. The lowest BCUT2D eigenvalue weighted by Crippen LogP contribution is -2.52. The zero-order valence-corrected chi connectivity index (χ0v) is 39.5. The van der Waals surface area contributed by atoms with Gasteiger partial charge >= 0.3 is 0 Å². The van der Waals surface area contributed by atoms with Gasteiger partial charge in [-0.2, -0.15) is 10.2 Å². The van der Waals surface area contributed by atoms with Crippen LogP contribution in [0.3, 0.4) is 0 Å². The van der Waals surface area contributed by atoms with E-state index in [0.29, 0.717) is 88.5 Å². The molecule has 2 saturated heterocycles. The van der Waals surface area contributed by atoms with Crippen LogP contribution in [0.2, 0.25) is 0 Å². The molecular weight excluding hydrogens is 879 g/mol. The van der Waals surface area contributed by atoms with Gasteiger partial charge in [0.05, 0.1) is 32.1 Å². The SMILES string of the molecule is C=CCn1c(=O)c2cnc(Cc3ccc(N4CCN(CCOc5c(OC)cc(N=Nc6cccc7c6CN(C6CCC(=O)NC6=O)C7=O)cc5OC)CC4)cc3)nc2n1-c1cccc(C(C)(C)C)n1. The molecule has 356 valence electrons. The Kier molecular flexibility index (Phi) is 13.1. The van der Waals surface area contributed by atoms with Gasteiger partial charge in [0.25, 0.3) is 11.5 Å². The average Bonchev–Trinajstić information content (AvgIpc) is 3.83. The Labute approximate surface area is 399 Å². The summed E-state index contributed by atoms with van der Waals surface area (Å²) in [5.74, 6) is 1.45. The maximum atomic E-state index is 13.5. The minimum absolute atomic E-state index is 0.174. The molecular formula is C51H55N11O7. The van der Waals surface area contributed by atoms with Crippen LogP contribution in [0.5, 0.6) is 17.2 Å². The molecule has 0 aliphatic carbocycles. The van der Waals surface area contributed by atoms with E-state index in [1.807, 2.05) is 18.2 Å². The molecule has 0 spiro atoms. The van der Waals surface area contributed by atoms with Crippen LogP contribution in [-0.4, -0.2) is 111 Å². The lowest BCUT2D eigenvalue weighted by atomic mass is 9.92. The predicted octanol–water partition coefficient (Wildman–Crippen LogP) is 6.45. The molecule has 0 saturated carbocycles. The first-order valence-corrected chi connectivity index (χ1v) is 23.0. The Morgan fingerprint density at radius 2 is 1.64 bits per heavy atom. The van der Waals surface area contributed by atoms with Gasteiger partial charge in [-0.15, -0.1) is 6.58 Å². The number of nitrogens with zero attached hydrogens (tertiary/aromatic N) is 10. The topological polar surface area (TPSA) is 191 Å². The Hall–Kier alpha value is -7.73. The number of pyridine rings is 1. The van der Waals surface area contributed by atoms with Crippen LogP contribution >= 0.6 is 0 Å². The van der Waals surface area contributed by atoms with E-state index in [0.717, 1.165) is 43.1 Å². The number of amides is 3. The number of fused-ring (bicyclic) bond motifs is 2. The van der Waals surface area contributed by atoms with E-state index in [4.69, 9.17) is 24.2 Å². The number of azo groups is 1. The third-order valence-electron chi connectivity index (χ3n) is 12.7. The Morgan fingerprint density at radius 3 is 2.33 bits per heavy atom. The molecule has 3 amide bonds. The van der Waals surface area contributed by atoms with E-state index < -0.39 is 11.9 Å². The summed E-state index contributed by atoms with van der Waals surface area (Å²) in [7, 11) is 3.10. The molecule has 1 unspecified atom stereocenters. The van der Waals surface area contributed by atoms with Crippen molar-refractivity contribution in [3.63, 3.8) is 0 Å². The lowest BCUT2D eigenvalue weighted by molar-refractivity contribution is -0.136. The van der Waals surface area contributed by atoms with E-state index in [1.165, 1.54) is 4.90 Å². The maximum absolute atomic E-state index is 13.5. The number of ether oxygens (including phenoxy) is 3. The van der Waals surface area contributed by atoms with Gasteiger partial charge in [0.2, 0.25) is 17.6 Å². The molecule has 18 nitrogen and oxygen atoms in total. The first kappa shape index (κ1) is 46.4. The zero-order chi connectivity index (χ0) is 48.4. The summed E-state index contributed by atoms with van der Waals surface area (Å²) >= 11 is 0. The second-order valence-electron chi connectivity index (χ2n) is 18.2. The van der Waals surface area contributed by atoms with Crippen molar-refractivity contribution in [3.05, 3.63) is 130 Å². The molecule has 6 aromatic rings. The molecule has 3 aliphatic heterocycles. The van der Waals surface area contributed by atoms with Crippen molar-refractivity contribution < 1.29 is 28.6 Å². The minimum atomic E-state index is -0.727. The van der Waals surface area contributed by atoms with Gasteiger partial charge in [-0.25, -0.2) is 24.3 Å². The van der Waals surface area contributed by atoms with Crippen molar-refractivity contribution in [1.29, 1.82) is 0 Å². The van der Waals surface area contributed by atoms with Gasteiger partial charge in [-0.3, -0.25) is 29.4 Å². The van der Waals surface area contributed by atoms with Gasteiger partial charge < -0.3 is 24.0 Å². The average molecular weight is 934 g/mol. The molecule has 1 N–H and O–H groups in total. The normalized spacial score (nSPS) is 16.6. The van der Waals surface area contributed by atoms with E-state index in [9.17, 15) is 19.2 Å². The van der Waals surface area contributed by atoms with Crippen LogP contribution in [0.15, 0.2) is 107 Å². The molecule has 3 aromatic heterocycles. The third kappa shape index (κ3) is 9.56. The highest BCUT2D eigenvalue weighted by Crippen LogP contribution is 2.42. The number of carbonyl (C=O) groups excluding carboxylic acids is 3. The van der Waals surface area contributed by atoms with Crippen LogP contribution in [-0.2, 0) is 34.5 Å². The number of hydrogen-bond donors (Lipinski definition) is 1. The number of benzene rings is 3. The standard InChI is InChI=1S/C51H55N11O7/c1-7-20-61-50(66)36-30-52-43(54-47(36)62(61)44-13-9-12-42(53-44)51(2,3)4)27-32-14-16-34(17-15-32)59-23-21-58(22-24-59)25-26-69-46-40(67-5)28-33(29-41(46)68-6)56-57-38-11-8-10-35-37(38)31-60(49(35)65)39-18-19-45(63)55-48(39)64/h7-17,28-30,39H,1,18-27,31H2,2-6H3,(H,55,63,64). The van der Waals surface area contributed by atoms with Crippen LogP contribution in [0.1, 0.15) is 66.6 Å². The lowest BCUT2D eigenvalue weighted by Gasteiger charge is -2.36. The predicted molar refractivity (Wildman–Crippen MR) is 259 cm³/mol. The monoisotopic (exact) mass is 933 g/mol. The smallest absolute Gasteiger partial charge is 0.278 e. The fraction of sp³-hybridized carbons (Fsp3) is 0.353. The molecule has 3 aliphatic rings. The van der Waals surface area contributed by atoms with Crippen LogP contribution in [0.4, 0.5) is 17.1 Å². The Morgan fingerprint density at radius 1 is 0.899 bits per heavy atom. The third-order valence-corrected chi connectivity index (χ3v) is 12.7. The van der Waals surface area contributed by atoms with Gasteiger partial charge in [-0.1, -0.05) is 51.1 Å². The van der Waals surface area contributed by atoms with E-state index >= 15 is 0 Å². The molecule has 6 heterocycles. The molecule has 0 bridgehead atoms. The number of allylic oxidation sites excluding steroid dienone is 1. The second kappa shape index (κ2) is 19.5. The molecule has 69 heavy (non-hydrogen) atoms. The summed E-state index contributed by atoms with van der Waals surface area (Å²) in [6.07, 6.45) is 4.25. The highest BCUT2D eigenvalue weighted by atomic mass is 16.5. The number of piperidine rings is 1. The van der Waals surface area contributed by atoms with Crippen molar-refractivity contribution in [2.24, 2.45) is 10.2 Å². The van der Waals surface area contributed by atoms with Gasteiger partial charge in [-0.05, 0) is 48.4 Å². The zero-order valence-electron chi connectivity index (χ0n) is 39.5. The summed E-state index contributed by atoms with van der Waals surface area (Å²) < 4.78 is 21.1. The van der Waals surface area contributed by atoms with Gasteiger partial charge in [0.15, 0.2) is 23.0 Å². The van der Waals surface area contributed by atoms with Crippen LogP contribution in [0, 0.1) is 0 Å². The Balaban J connectivity index is 0.798. The van der Waals surface area contributed by atoms with Crippen LogP contribution < -0.4 is 30.0 Å². The number of hydrogen-bond acceptors (Lipinski definition) is 14. The van der Waals surface area contributed by atoms with Gasteiger partial charge in [0, 0.05) is 98.4 Å². The number of rotatable bonds is 15. The minimum Gasteiger partial charge on any atom is -0.493 e. The van der Waals surface area contributed by atoms with Crippen LogP contribution in [0.25, 0.3) is 16.9 Å². The van der Waals surface area contributed by atoms with E-state index in [-0.39, 0.29) is 42.2 Å².